The lowest BCUT2D eigenvalue weighted by Gasteiger charge is -2.19. The zero-order valence-corrected chi connectivity index (χ0v) is 17.8. The second-order valence-electron chi connectivity index (χ2n) is 8.20. The molecule has 1 aromatic carbocycles. The van der Waals surface area contributed by atoms with Crippen LogP contribution in [-0.4, -0.2) is 55.9 Å². The Hall–Kier alpha value is -2.81. The molecule has 164 valence electrons. The standard InChI is InChI=1S/C22H22FNO6S/c1-24-12-17(20(26)22(24)27)19(25)21-15(10-13-2-4-16(23)5-3-13)11-18(30-21)14-6-8-31(28,29)9-7-14/h2-5,11,14,17H,6-10,12H2,1H3. The highest BCUT2D eigenvalue weighted by atomic mass is 32.2. The molecular formula is C22H22FNO6S. The average Bonchev–Trinajstić information content (AvgIpc) is 3.26. The fraction of sp³-hybridized carbons (Fsp3) is 0.409. The minimum atomic E-state index is -3.06. The van der Waals surface area contributed by atoms with Crippen LogP contribution < -0.4 is 0 Å². The number of likely N-dealkylation sites (tertiary alicyclic amines) is 1. The van der Waals surface area contributed by atoms with E-state index in [4.69, 9.17) is 4.42 Å². The number of carbonyl (C=O) groups excluding carboxylic acids is 3. The lowest BCUT2D eigenvalue weighted by atomic mass is 9.94. The highest BCUT2D eigenvalue weighted by molar-refractivity contribution is 7.91. The Morgan fingerprint density at radius 3 is 2.39 bits per heavy atom. The number of hydrogen-bond donors (Lipinski definition) is 0. The third-order valence-electron chi connectivity index (χ3n) is 5.96. The molecule has 9 heteroatoms. The maximum atomic E-state index is 13.3. The van der Waals surface area contributed by atoms with E-state index in [1.54, 1.807) is 18.2 Å². The van der Waals surface area contributed by atoms with Crippen LogP contribution in [-0.2, 0) is 25.8 Å². The summed E-state index contributed by atoms with van der Waals surface area (Å²) in [5.41, 5.74) is 1.29. The largest absolute Gasteiger partial charge is 0.457 e. The van der Waals surface area contributed by atoms with Gasteiger partial charge in [-0.15, -0.1) is 0 Å². The second-order valence-corrected chi connectivity index (χ2v) is 10.5. The average molecular weight is 447 g/mol. The van der Waals surface area contributed by atoms with Crippen molar-refractivity contribution in [1.82, 2.24) is 4.90 Å². The van der Waals surface area contributed by atoms with Crippen molar-refractivity contribution in [2.75, 3.05) is 25.1 Å². The van der Waals surface area contributed by atoms with Gasteiger partial charge in [-0.2, -0.15) is 0 Å². The van der Waals surface area contributed by atoms with Crippen LogP contribution in [0.5, 0.6) is 0 Å². The Kier molecular flexibility index (Phi) is 5.55. The van der Waals surface area contributed by atoms with Crippen LogP contribution in [0.15, 0.2) is 34.7 Å². The van der Waals surface area contributed by atoms with E-state index in [0.717, 1.165) is 5.56 Å². The minimum Gasteiger partial charge on any atom is -0.457 e. The Morgan fingerprint density at radius 2 is 1.81 bits per heavy atom. The summed E-state index contributed by atoms with van der Waals surface area (Å²) < 4.78 is 42.7. The van der Waals surface area contributed by atoms with Crippen LogP contribution in [0.2, 0.25) is 0 Å². The first-order valence-corrected chi connectivity index (χ1v) is 11.9. The summed E-state index contributed by atoms with van der Waals surface area (Å²) in [6.07, 6.45) is 1.06. The predicted molar refractivity (Wildman–Crippen MR) is 109 cm³/mol. The molecule has 4 rings (SSSR count). The van der Waals surface area contributed by atoms with Crippen LogP contribution in [0.1, 0.15) is 46.2 Å². The Labute approximate surface area is 179 Å². The number of nitrogens with zero attached hydrogens (tertiary/aromatic N) is 1. The van der Waals surface area contributed by atoms with Gasteiger partial charge < -0.3 is 9.32 Å². The van der Waals surface area contributed by atoms with E-state index in [0.29, 0.717) is 24.2 Å². The van der Waals surface area contributed by atoms with E-state index in [-0.39, 0.29) is 42.0 Å². The van der Waals surface area contributed by atoms with E-state index in [1.807, 2.05) is 0 Å². The van der Waals surface area contributed by atoms with E-state index in [9.17, 15) is 27.2 Å². The van der Waals surface area contributed by atoms with Crippen LogP contribution >= 0.6 is 0 Å². The molecule has 1 amide bonds. The van der Waals surface area contributed by atoms with E-state index in [1.165, 1.54) is 24.1 Å². The monoisotopic (exact) mass is 447 g/mol. The number of Topliss-reactive ketones (excluding diaryl/α,β-unsaturated/α-hetero) is 2. The SMILES string of the molecule is CN1CC(C(=O)c2oc(C3CCS(=O)(=O)CC3)cc2Cc2ccc(F)cc2)C(=O)C1=O. The number of sulfone groups is 1. The molecule has 0 spiro atoms. The molecule has 7 nitrogen and oxygen atoms in total. The molecule has 2 aromatic rings. The molecule has 2 fully saturated rings. The topological polar surface area (TPSA) is 102 Å². The summed E-state index contributed by atoms with van der Waals surface area (Å²) in [5.74, 6) is -3.08. The Bertz CT molecular complexity index is 1140. The maximum absolute atomic E-state index is 13.3. The third kappa shape index (κ3) is 4.32. The summed E-state index contributed by atoms with van der Waals surface area (Å²) in [6.45, 7) is -0.00973. The van der Waals surface area contributed by atoms with Crippen molar-refractivity contribution in [2.24, 2.45) is 5.92 Å². The molecule has 2 saturated heterocycles. The molecule has 2 aliphatic rings. The fourth-order valence-corrected chi connectivity index (χ4v) is 5.62. The van der Waals surface area contributed by atoms with Gasteiger partial charge >= 0.3 is 0 Å². The van der Waals surface area contributed by atoms with E-state index >= 15 is 0 Å². The zero-order chi connectivity index (χ0) is 22.3. The lowest BCUT2D eigenvalue weighted by molar-refractivity contribution is -0.139. The minimum absolute atomic E-state index is 0.00852. The molecule has 0 bridgehead atoms. The molecule has 1 atom stereocenters. The first-order chi connectivity index (χ1) is 14.6. The zero-order valence-electron chi connectivity index (χ0n) is 17.0. The molecule has 0 radical (unpaired) electrons. The van der Waals surface area contributed by atoms with Gasteiger partial charge in [-0.25, -0.2) is 12.8 Å². The number of hydrogen-bond acceptors (Lipinski definition) is 6. The molecule has 1 aromatic heterocycles. The molecule has 0 saturated carbocycles. The lowest BCUT2D eigenvalue weighted by Crippen LogP contribution is -2.24. The number of carbonyl (C=O) groups is 3. The maximum Gasteiger partial charge on any atom is 0.290 e. The van der Waals surface area contributed by atoms with Gasteiger partial charge in [0.05, 0.1) is 11.5 Å². The van der Waals surface area contributed by atoms with Crippen molar-refractivity contribution >= 4 is 27.3 Å². The molecular weight excluding hydrogens is 425 g/mol. The van der Waals surface area contributed by atoms with Gasteiger partial charge in [0.1, 0.15) is 27.3 Å². The first kappa shape index (κ1) is 21.4. The van der Waals surface area contributed by atoms with Crippen molar-refractivity contribution in [2.45, 2.75) is 25.2 Å². The van der Waals surface area contributed by atoms with E-state index in [2.05, 4.69) is 0 Å². The molecule has 0 aliphatic carbocycles. The van der Waals surface area contributed by atoms with Crippen molar-refractivity contribution in [3.8, 4) is 0 Å². The summed E-state index contributed by atoms with van der Waals surface area (Å²) in [5, 5.41) is 0. The van der Waals surface area contributed by atoms with Gasteiger partial charge in [-0.1, -0.05) is 12.1 Å². The predicted octanol–water partition coefficient (Wildman–Crippen LogP) is 2.14. The van der Waals surface area contributed by atoms with Crippen molar-refractivity contribution in [3.63, 3.8) is 0 Å². The number of ketones is 2. The number of rotatable bonds is 5. The first-order valence-electron chi connectivity index (χ1n) is 10.1. The van der Waals surface area contributed by atoms with Crippen molar-refractivity contribution in [1.29, 1.82) is 0 Å². The Balaban J connectivity index is 1.67. The fourth-order valence-electron chi connectivity index (χ4n) is 4.12. The molecule has 31 heavy (non-hydrogen) atoms. The Morgan fingerprint density at radius 1 is 1.16 bits per heavy atom. The van der Waals surface area contributed by atoms with Gasteiger partial charge in [-0.05, 0) is 36.6 Å². The number of amides is 1. The van der Waals surface area contributed by atoms with Crippen molar-refractivity contribution < 1.29 is 31.6 Å². The third-order valence-corrected chi connectivity index (χ3v) is 7.68. The number of benzene rings is 1. The molecule has 1 unspecified atom stereocenters. The van der Waals surface area contributed by atoms with Crippen LogP contribution in [0.3, 0.4) is 0 Å². The normalized spacial score (nSPS) is 21.6. The summed E-state index contributed by atoms with van der Waals surface area (Å²) in [6, 6.07) is 7.56. The number of furan rings is 1. The van der Waals surface area contributed by atoms with Gasteiger partial charge in [0.25, 0.3) is 5.91 Å². The highest BCUT2D eigenvalue weighted by Crippen LogP contribution is 2.34. The van der Waals surface area contributed by atoms with Gasteiger partial charge in [0.15, 0.2) is 5.76 Å². The van der Waals surface area contributed by atoms with Crippen LogP contribution in [0, 0.1) is 11.7 Å². The van der Waals surface area contributed by atoms with Gasteiger partial charge in [0, 0.05) is 31.5 Å². The van der Waals surface area contributed by atoms with Crippen LogP contribution in [0.4, 0.5) is 4.39 Å². The van der Waals surface area contributed by atoms with Crippen LogP contribution in [0.25, 0.3) is 0 Å². The summed E-state index contributed by atoms with van der Waals surface area (Å²) in [4.78, 5) is 38.5. The molecule has 2 aliphatic heterocycles. The number of likely N-dealkylation sites (N-methyl/N-ethyl adjacent to an activating group) is 1. The van der Waals surface area contributed by atoms with Gasteiger partial charge in [-0.3, -0.25) is 14.4 Å². The summed E-state index contributed by atoms with van der Waals surface area (Å²) >= 11 is 0. The van der Waals surface area contributed by atoms with E-state index < -0.39 is 33.2 Å². The smallest absolute Gasteiger partial charge is 0.290 e. The van der Waals surface area contributed by atoms with Gasteiger partial charge in [0.2, 0.25) is 11.6 Å². The van der Waals surface area contributed by atoms with Crippen molar-refractivity contribution in [3.05, 3.63) is 58.8 Å². The highest BCUT2D eigenvalue weighted by Gasteiger charge is 2.43. The number of halogens is 1. The summed E-state index contributed by atoms with van der Waals surface area (Å²) in [7, 11) is -1.60. The second kappa shape index (κ2) is 8.03. The molecule has 0 N–H and O–H groups in total. The molecule has 3 heterocycles. The quantitative estimate of drug-likeness (QED) is 0.395.